The Labute approximate surface area is 360 Å². The van der Waals surface area contributed by atoms with Gasteiger partial charge in [-0.1, -0.05) is 191 Å². The lowest BCUT2D eigenvalue weighted by atomic mass is 9.33. The molecule has 0 aromatic heterocycles. The fraction of sp³-hybridized carbons (Fsp3) is 0.0690. The van der Waals surface area contributed by atoms with Gasteiger partial charge in [0.05, 0.1) is 0 Å². The van der Waals surface area contributed by atoms with Crippen molar-refractivity contribution in [2.45, 2.75) is 26.2 Å². The molecule has 9 aromatic carbocycles. The number of rotatable bonds is 6. The molecule has 2 heterocycles. The van der Waals surface area contributed by atoms with Gasteiger partial charge in [0, 0.05) is 34.1 Å². The van der Waals surface area contributed by atoms with Gasteiger partial charge in [-0.05, 0) is 120 Å². The Hall–Kier alpha value is -7.36. The molecule has 0 N–H and O–H groups in total. The summed E-state index contributed by atoms with van der Waals surface area (Å²) in [4.78, 5) is 5.07. The number of hydrogen-bond acceptors (Lipinski definition) is 2. The van der Waals surface area contributed by atoms with Gasteiger partial charge in [-0.2, -0.15) is 0 Å². The molecular weight excluding hydrogens is 735 g/mol. The van der Waals surface area contributed by atoms with E-state index in [2.05, 4.69) is 249 Å². The molecule has 11 rings (SSSR count). The van der Waals surface area contributed by atoms with Crippen molar-refractivity contribution in [3.8, 4) is 44.5 Å². The number of hydrogen-bond donors (Lipinski definition) is 0. The van der Waals surface area contributed by atoms with Crippen LogP contribution in [0.1, 0.15) is 26.3 Å². The SMILES string of the molecule is CC(C)(C)c1cc2c3c(c1)N(c1ccc(-c4ccccc4)cc1)c1ccc(-c4ccccc4)cc1B3c1cc(-c3ccccc3)ccc1N2c1ccc(-c2ccccc2)cc1. The summed E-state index contributed by atoms with van der Waals surface area (Å²) < 4.78 is 0. The second-order valence-corrected chi connectivity index (χ2v) is 17.4. The van der Waals surface area contributed by atoms with Crippen LogP contribution in [0.25, 0.3) is 44.5 Å². The third kappa shape index (κ3) is 6.45. The number of benzene rings is 9. The summed E-state index contributed by atoms with van der Waals surface area (Å²) in [5, 5.41) is 0. The second-order valence-electron chi connectivity index (χ2n) is 17.4. The van der Waals surface area contributed by atoms with Gasteiger partial charge in [-0.15, -0.1) is 0 Å². The average Bonchev–Trinajstić information content (AvgIpc) is 3.32. The van der Waals surface area contributed by atoms with Crippen molar-refractivity contribution in [1.82, 2.24) is 0 Å². The van der Waals surface area contributed by atoms with E-state index >= 15 is 0 Å². The molecule has 0 saturated heterocycles. The minimum Gasteiger partial charge on any atom is -0.311 e. The fourth-order valence-corrected chi connectivity index (χ4v) is 9.48. The zero-order chi connectivity index (χ0) is 41.1. The molecule has 9 aromatic rings. The lowest BCUT2D eigenvalue weighted by molar-refractivity contribution is 0.590. The Bertz CT molecular complexity index is 2830. The normalized spacial score (nSPS) is 12.7. The lowest BCUT2D eigenvalue weighted by Crippen LogP contribution is -2.61. The second kappa shape index (κ2) is 14.7. The first-order valence-corrected chi connectivity index (χ1v) is 21.4. The number of anilines is 6. The van der Waals surface area contributed by atoms with Crippen molar-refractivity contribution in [1.29, 1.82) is 0 Å². The zero-order valence-corrected chi connectivity index (χ0v) is 34.8. The van der Waals surface area contributed by atoms with Gasteiger partial charge >= 0.3 is 0 Å². The summed E-state index contributed by atoms with van der Waals surface area (Å²) in [6, 6.07) is 80.6. The predicted octanol–water partition coefficient (Wildman–Crippen LogP) is 13.7. The Balaban J connectivity index is 1.20. The topological polar surface area (TPSA) is 6.48 Å². The predicted molar refractivity (Wildman–Crippen MR) is 261 cm³/mol. The zero-order valence-electron chi connectivity index (χ0n) is 34.8. The third-order valence-electron chi connectivity index (χ3n) is 12.6. The van der Waals surface area contributed by atoms with Crippen LogP contribution in [0.5, 0.6) is 0 Å². The molecule has 0 saturated carbocycles. The molecule has 0 radical (unpaired) electrons. The van der Waals surface area contributed by atoms with E-state index in [0.717, 1.165) is 11.4 Å². The quantitative estimate of drug-likeness (QED) is 0.155. The summed E-state index contributed by atoms with van der Waals surface area (Å²) in [6.07, 6.45) is 0. The summed E-state index contributed by atoms with van der Waals surface area (Å²) in [7, 11) is 0. The molecule has 3 heteroatoms. The Morgan fingerprint density at radius 1 is 0.311 bits per heavy atom. The summed E-state index contributed by atoms with van der Waals surface area (Å²) >= 11 is 0. The van der Waals surface area contributed by atoms with Crippen molar-refractivity contribution in [3.05, 3.63) is 224 Å². The Morgan fingerprint density at radius 3 is 0.967 bits per heavy atom. The average molecular weight is 781 g/mol. The van der Waals surface area contributed by atoms with E-state index in [1.807, 2.05) is 0 Å². The highest BCUT2D eigenvalue weighted by atomic mass is 15.2. The minimum atomic E-state index is -0.110. The van der Waals surface area contributed by atoms with Gasteiger partial charge in [-0.25, -0.2) is 0 Å². The van der Waals surface area contributed by atoms with Crippen molar-refractivity contribution >= 4 is 57.2 Å². The third-order valence-corrected chi connectivity index (χ3v) is 12.6. The minimum absolute atomic E-state index is 0.0176. The van der Waals surface area contributed by atoms with Crippen LogP contribution in [-0.2, 0) is 5.41 Å². The summed E-state index contributed by atoms with van der Waals surface area (Å²) in [5.74, 6) is 0. The number of fused-ring (bicyclic) bond motifs is 4. The molecular formula is C58H45BN2. The molecule has 0 unspecified atom stereocenters. The van der Waals surface area contributed by atoms with Gasteiger partial charge in [0.1, 0.15) is 0 Å². The largest absolute Gasteiger partial charge is 0.311 e. The number of nitrogens with zero attached hydrogens (tertiary/aromatic N) is 2. The molecule has 0 amide bonds. The first-order chi connectivity index (χ1) is 29.9. The van der Waals surface area contributed by atoms with Crippen LogP contribution < -0.4 is 26.2 Å². The van der Waals surface area contributed by atoms with Gasteiger partial charge in [0.2, 0.25) is 0 Å². The van der Waals surface area contributed by atoms with E-state index in [1.54, 1.807) is 0 Å². The molecule has 290 valence electrons. The van der Waals surface area contributed by atoms with Crippen LogP contribution in [0.3, 0.4) is 0 Å². The summed E-state index contributed by atoms with van der Waals surface area (Å²) in [6.45, 7) is 6.99. The molecule has 0 atom stereocenters. The smallest absolute Gasteiger partial charge is 0.252 e. The van der Waals surface area contributed by atoms with Gasteiger partial charge < -0.3 is 9.80 Å². The van der Waals surface area contributed by atoms with E-state index in [4.69, 9.17) is 0 Å². The van der Waals surface area contributed by atoms with E-state index in [-0.39, 0.29) is 12.1 Å². The Kier molecular flexibility index (Phi) is 8.86. The first kappa shape index (κ1) is 36.7. The Morgan fingerprint density at radius 2 is 0.623 bits per heavy atom. The standard InChI is InChI=1S/C58H45BN2/c1-58(2,3)48-38-55-57-56(39-48)61(50-32-26-45(27-33-50)41-18-10-5-11-19-41)54-35-29-47(43-22-14-7-15-23-43)37-52(54)59(57)51-36-46(42-20-12-6-13-21-42)28-34-53(51)60(55)49-30-24-44(25-31-49)40-16-8-4-9-17-40/h4-39H,1-3H3. The van der Waals surface area contributed by atoms with Crippen molar-refractivity contribution < 1.29 is 0 Å². The molecule has 0 bridgehead atoms. The monoisotopic (exact) mass is 780 g/mol. The molecule has 61 heavy (non-hydrogen) atoms. The maximum Gasteiger partial charge on any atom is 0.252 e. The van der Waals surface area contributed by atoms with Crippen LogP contribution in [-0.4, -0.2) is 6.71 Å². The van der Waals surface area contributed by atoms with Crippen LogP contribution in [0.4, 0.5) is 34.1 Å². The lowest BCUT2D eigenvalue weighted by Gasteiger charge is -2.45. The molecule has 2 aliphatic rings. The molecule has 2 nitrogen and oxygen atoms in total. The van der Waals surface area contributed by atoms with Gasteiger partial charge in [0.25, 0.3) is 6.71 Å². The van der Waals surface area contributed by atoms with Crippen molar-refractivity contribution in [2.75, 3.05) is 9.80 Å². The van der Waals surface area contributed by atoms with Crippen molar-refractivity contribution in [3.63, 3.8) is 0 Å². The van der Waals surface area contributed by atoms with Crippen molar-refractivity contribution in [2.24, 2.45) is 0 Å². The highest BCUT2D eigenvalue weighted by Crippen LogP contribution is 2.47. The fourth-order valence-electron chi connectivity index (χ4n) is 9.48. The highest BCUT2D eigenvalue weighted by Gasteiger charge is 2.44. The molecule has 0 fully saturated rings. The molecule has 2 aliphatic heterocycles. The van der Waals surface area contributed by atoms with Crippen LogP contribution in [0, 0.1) is 0 Å². The van der Waals surface area contributed by atoms with E-state index in [9.17, 15) is 0 Å². The highest BCUT2D eigenvalue weighted by molar-refractivity contribution is 7.00. The van der Waals surface area contributed by atoms with Crippen LogP contribution in [0.15, 0.2) is 218 Å². The van der Waals surface area contributed by atoms with E-state index in [0.29, 0.717) is 0 Å². The van der Waals surface area contributed by atoms with Gasteiger partial charge in [-0.3, -0.25) is 0 Å². The maximum atomic E-state index is 2.53. The van der Waals surface area contributed by atoms with Crippen LogP contribution >= 0.6 is 0 Å². The first-order valence-electron chi connectivity index (χ1n) is 21.4. The van der Waals surface area contributed by atoms with Crippen LogP contribution in [0.2, 0.25) is 0 Å². The maximum absolute atomic E-state index is 2.53. The van der Waals surface area contributed by atoms with E-state index in [1.165, 1.54) is 89.2 Å². The summed E-state index contributed by atoms with van der Waals surface area (Å²) in [5.41, 5.74) is 22.0. The van der Waals surface area contributed by atoms with Gasteiger partial charge in [0.15, 0.2) is 0 Å². The van der Waals surface area contributed by atoms with E-state index < -0.39 is 0 Å². The molecule has 0 aliphatic carbocycles. The molecule has 0 spiro atoms.